The molecule has 2 fully saturated rings. The Morgan fingerprint density at radius 2 is 2.00 bits per heavy atom. The normalized spacial score (nSPS) is 40.6. The second-order valence-corrected chi connectivity index (χ2v) is 8.87. The molecule has 2 aliphatic carbocycles. The largest absolute Gasteiger partial charge is 0.392 e. The number of aliphatic hydroxyl groups is 2. The highest BCUT2D eigenvalue weighted by molar-refractivity contribution is 5.20. The highest BCUT2D eigenvalue weighted by atomic mass is 16.3. The lowest BCUT2D eigenvalue weighted by Crippen LogP contribution is -2.53. The van der Waals surface area contributed by atoms with E-state index in [0.29, 0.717) is 24.7 Å². The minimum absolute atomic E-state index is 0.00852. The molecule has 0 aromatic rings. The average Bonchev–Trinajstić information content (AvgIpc) is 2.42. The third-order valence-electron chi connectivity index (χ3n) is 6.76. The van der Waals surface area contributed by atoms with Crippen molar-refractivity contribution in [1.82, 2.24) is 0 Å². The molecular formula is C20H34O2. The first kappa shape index (κ1) is 17.7. The highest BCUT2D eigenvalue weighted by Gasteiger charge is 2.54. The van der Waals surface area contributed by atoms with Gasteiger partial charge >= 0.3 is 0 Å². The quantitative estimate of drug-likeness (QED) is 0.752. The van der Waals surface area contributed by atoms with E-state index in [1.807, 2.05) is 6.92 Å². The van der Waals surface area contributed by atoms with Gasteiger partial charge in [-0.3, -0.25) is 0 Å². The zero-order chi connectivity index (χ0) is 16.8. The zero-order valence-electron chi connectivity index (χ0n) is 14.9. The van der Waals surface area contributed by atoms with Crippen LogP contribution >= 0.6 is 0 Å². The SMILES string of the molecule is C=C[C@@](C)(O)CC[C@@]1(C)C(=C)C[C@H](O)C2C1CCCC2(C)C. The van der Waals surface area contributed by atoms with Crippen LogP contribution in [0.3, 0.4) is 0 Å². The van der Waals surface area contributed by atoms with Gasteiger partial charge in [-0.05, 0) is 61.7 Å². The summed E-state index contributed by atoms with van der Waals surface area (Å²) < 4.78 is 0. The topological polar surface area (TPSA) is 40.5 Å². The van der Waals surface area contributed by atoms with Crippen molar-refractivity contribution in [1.29, 1.82) is 0 Å². The van der Waals surface area contributed by atoms with E-state index in [-0.39, 0.29) is 16.9 Å². The van der Waals surface area contributed by atoms with Gasteiger partial charge in [-0.25, -0.2) is 0 Å². The molecule has 126 valence electrons. The molecule has 22 heavy (non-hydrogen) atoms. The molecule has 0 aliphatic heterocycles. The maximum atomic E-state index is 10.7. The van der Waals surface area contributed by atoms with E-state index in [0.717, 1.165) is 12.8 Å². The Hall–Kier alpha value is -0.600. The molecule has 0 aromatic carbocycles. The molecule has 0 heterocycles. The first-order valence-electron chi connectivity index (χ1n) is 8.76. The lowest BCUT2D eigenvalue weighted by atomic mass is 9.48. The van der Waals surface area contributed by atoms with Crippen LogP contribution in [0.1, 0.15) is 66.2 Å². The van der Waals surface area contributed by atoms with Gasteiger partial charge in [0.25, 0.3) is 0 Å². The molecule has 0 amide bonds. The summed E-state index contributed by atoms with van der Waals surface area (Å²) in [6, 6.07) is 0. The Bertz CT molecular complexity index is 449. The van der Waals surface area contributed by atoms with Gasteiger partial charge in [-0.1, -0.05) is 45.4 Å². The second kappa shape index (κ2) is 5.79. The Morgan fingerprint density at radius 3 is 2.59 bits per heavy atom. The van der Waals surface area contributed by atoms with E-state index < -0.39 is 5.60 Å². The van der Waals surface area contributed by atoms with Crippen LogP contribution < -0.4 is 0 Å². The fraction of sp³-hybridized carbons (Fsp3) is 0.800. The predicted molar refractivity (Wildman–Crippen MR) is 92.5 cm³/mol. The fourth-order valence-corrected chi connectivity index (χ4v) is 5.02. The van der Waals surface area contributed by atoms with Gasteiger partial charge in [0.15, 0.2) is 0 Å². The predicted octanol–water partition coefficient (Wildman–Crippen LogP) is 4.47. The van der Waals surface area contributed by atoms with Crippen LogP contribution in [0.15, 0.2) is 24.8 Å². The molecule has 0 spiro atoms. The minimum Gasteiger partial charge on any atom is -0.392 e. The molecule has 0 saturated heterocycles. The van der Waals surface area contributed by atoms with E-state index in [9.17, 15) is 10.2 Å². The highest BCUT2D eigenvalue weighted by Crippen LogP contribution is 2.60. The van der Waals surface area contributed by atoms with E-state index in [1.165, 1.54) is 18.4 Å². The Labute approximate surface area is 136 Å². The van der Waals surface area contributed by atoms with Crippen LogP contribution in [0.4, 0.5) is 0 Å². The number of fused-ring (bicyclic) bond motifs is 1. The molecule has 5 atom stereocenters. The third-order valence-corrected chi connectivity index (χ3v) is 6.76. The van der Waals surface area contributed by atoms with Crippen molar-refractivity contribution in [2.45, 2.75) is 77.9 Å². The summed E-state index contributed by atoms with van der Waals surface area (Å²) in [6.07, 6.45) is 7.27. The maximum absolute atomic E-state index is 10.7. The van der Waals surface area contributed by atoms with Gasteiger partial charge in [0.1, 0.15) is 0 Å². The monoisotopic (exact) mass is 306 g/mol. The first-order valence-corrected chi connectivity index (χ1v) is 8.76. The number of hydrogen-bond acceptors (Lipinski definition) is 2. The van der Waals surface area contributed by atoms with Crippen molar-refractivity contribution in [2.24, 2.45) is 22.7 Å². The van der Waals surface area contributed by atoms with E-state index in [2.05, 4.69) is 33.9 Å². The lowest BCUT2D eigenvalue weighted by Gasteiger charge is -2.58. The van der Waals surface area contributed by atoms with Gasteiger partial charge in [-0.15, -0.1) is 6.58 Å². The molecule has 2 unspecified atom stereocenters. The van der Waals surface area contributed by atoms with E-state index in [4.69, 9.17) is 0 Å². The summed E-state index contributed by atoms with van der Waals surface area (Å²) in [5.74, 6) is 0.804. The van der Waals surface area contributed by atoms with Gasteiger partial charge in [-0.2, -0.15) is 0 Å². The lowest BCUT2D eigenvalue weighted by molar-refractivity contribution is -0.0965. The molecule has 2 N–H and O–H groups in total. The second-order valence-electron chi connectivity index (χ2n) is 8.87. The summed E-state index contributed by atoms with van der Waals surface area (Å²) in [7, 11) is 0. The Kier molecular flexibility index (Phi) is 4.68. The Morgan fingerprint density at radius 1 is 1.36 bits per heavy atom. The van der Waals surface area contributed by atoms with Crippen LogP contribution in [0.25, 0.3) is 0 Å². The van der Waals surface area contributed by atoms with Gasteiger partial charge < -0.3 is 10.2 Å². The van der Waals surface area contributed by atoms with Crippen LogP contribution in [0.5, 0.6) is 0 Å². The molecule has 2 aliphatic rings. The van der Waals surface area contributed by atoms with E-state index >= 15 is 0 Å². The molecule has 2 nitrogen and oxygen atoms in total. The minimum atomic E-state index is -0.820. The summed E-state index contributed by atoms with van der Waals surface area (Å²) in [5, 5.41) is 21.0. The number of aliphatic hydroxyl groups excluding tert-OH is 1. The van der Waals surface area contributed by atoms with Crippen molar-refractivity contribution in [3.63, 3.8) is 0 Å². The van der Waals surface area contributed by atoms with Gasteiger partial charge in [0.2, 0.25) is 0 Å². The van der Waals surface area contributed by atoms with Crippen molar-refractivity contribution in [3.05, 3.63) is 24.8 Å². The van der Waals surface area contributed by atoms with Crippen molar-refractivity contribution in [3.8, 4) is 0 Å². The van der Waals surface area contributed by atoms with Crippen LogP contribution in [-0.2, 0) is 0 Å². The molecular weight excluding hydrogens is 272 g/mol. The zero-order valence-corrected chi connectivity index (χ0v) is 14.9. The van der Waals surface area contributed by atoms with Crippen LogP contribution in [-0.4, -0.2) is 21.9 Å². The fourth-order valence-electron chi connectivity index (χ4n) is 5.02. The molecule has 2 rings (SSSR count). The molecule has 0 bridgehead atoms. The molecule has 2 heteroatoms. The molecule has 0 aromatic heterocycles. The number of hydrogen-bond donors (Lipinski definition) is 2. The van der Waals surface area contributed by atoms with Crippen LogP contribution in [0.2, 0.25) is 0 Å². The van der Waals surface area contributed by atoms with Crippen molar-refractivity contribution >= 4 is 0 Å². The smallest absolute Gasteiger partial charge is 0.0797 e. The van der Waals surface area contributed by atoms with Crippen LogP contribution in [0, 0.1) is 22.7 Å². The molecule has 2 saturated carbocycles. The summed E-state index contributed by atoms with van der Waals surface area (Å²) in [6.45, 7) is 16.8. The summed E-state index contributed by atoms with van der Waals surface area (Å²) >= 11 is 0. The first-order chi connectivity index (χ1) is 10.0. The Balaban J connectivity index is 2.28. The standard InChI is InChI=1S/C20H34O2/c1-7-19(5,22)11-12-20(6)14(2)13-16(21)17-15(20)9-8-10-18(17,3)4/h7,15-17,21-22H,1-2,8-13H2,3-6H3/t15?,16-,17?,19+,20-/m0/s1. The van der Waals surface area contributed by atoms with E-state index in [1.54, 1.807) is 6.08 Å². The molecule has 0 radical (unpaired) electrons. The summed E-state index contributed by atoms with van der Waals surface area (Å²) in [4.78, 5) is 0. The van der Waals surface area contributed by atoms with Gasteiger partial charge in [0, 0.05) is 0 Å². The third kappa shape index (κ3) is 3.05. The average molecular weight is 306 g/mol. The van der Waals surface area contributed by atoms with Crippen molar-refractivity contribution in [2.75, 3.05) is 0 Å². The maximum Gasteiger partial charge on any atom is 0.0797 e. The van der Waals surface area contributed by atoms with Gasteiger partial charge in [0.05, 0.1) is 11.7 Å². The van der Waals surface area contributed by atoms with Crippen molar-refractivity contribution < 1.29 is 10.2 Å². The number of rotatable bonds is 4. The summed E-state index contributed by atoms with van der Waals surface area (Å²) in [5.41, 5.74) is 0.539.